The van der Waals surface area contributed by atoms with Crippen LogP contribution in [0.1, 0.15) is 39.0 Å². The molecule has 0 aromatic carbocycles. The quantitative estimate of drug-likeness (QED) is 0.564. The molecular weight excluding hydrogens is 300 g/mol. The Labute approximate surface area is 134 Å². The molecule has 3 aliphatic carbocycles. The minimum absolute atomic E-state index is 0.0172. The first kappa shape index (κ1) is 15.9. The Morgan fingerprint density at radius 2 is 1.74 bits per heavy atom. The lowest BCUT2D eigenvalue weighted by molar-refractivity contribution is -0.170. The molecule has 0 aliphatic heterocycles. The number of hydrogen-bond acceptors (Lipinski definition) is 6. The standard InChI is InChI=1S/C17H20O6/c1-9-12-7-17(14(20)22-2,15(21)23-3)8-16(12)5-4-10(18)6-11(16)13(9)19/h11H,4-8H2,1-3H3/t11-,16+/m1/s1. The molecule has 0 aromatic rings. The molecule has 2 fully saturated rings. The number of ether oxygens (including phenoxy) is 2. The third-order valence-electron chi connectivity index (χ3n) is 5.94. The molecule has 23 heavy (non-hydrogen) atoms. The van der Waals surface area contributed by atoms with E-state index in [9.17, 15) is 19.2 Å². The van der Waals surface area contributed by atoms with Gasteiger partial charge in [0.05, 0.1) is 14.2 Å². The zero-order chi connectivity index (χ0) is 17.0. The van der Waals surface area contributed by atoms with Gasteiger partial charge in [0.25, 0.3) is 0 Å². The van der Waals surface area contributed by atoms with Gasteiger partial charge >= 0.3 is 11.9 Å². The first-order valence-electron chi connectivity index (χ1n) is 7.75. The van der Waals surface area contributed by atoms with Gasteiger partial charge in [-0.25, -0.2) is 0 Å². The van der Waals surface area contributed by atoms with E-state index in [4.69, 9.17) is 9.47 Å². The summed E-state index contributed by atoms with van der Waals surface area (Å²) in [4.78, 5) is 49.2. The number of allylic oxidation sites excluding steroid dienone is 2. The zero-order valence-corrected chi connectivity index (χ0v) is 13.6. The van der Waals surface area contributed by atoms with Crippen molar-refractivity contribution in [2.45, 2.75) is 39.0 Å². The average molecular weight is 320 g/mol. The normalized spacial score (nSPS) is 31.7. The Kier molecular flexibility index (Phi) is 3.46. The van der Waals surface area contributed by atoms with Crippen molar-refractivity contribution in [2.24, 2.45) is 16.7 Å². The molecule has 0 amide bonds. The van der Waals surface area contributed by atoms with Crippen LogP contribution in [0.3, 0.4) is 0 Å². The molecule has 0 heterocycles. The maximum Gasteiger partial charge on any atom is 0.323 e. The molecule has 3 aliphatic rings. The first-order chi connectivity index (χ1) is 10.8. The van der Waals surface area contributed by atoms with Gasteiger partial charge in [-0.15, -0.1) is 0 Å². The van der Waals surface area contributed by atoms with Crippen LogP contribution in [-0.2, 0) is 28.7 Å². The number of Topliss-reactive ketones (excluding diaryl/α,β-unsaturated/α-hetero) is 2. The number of carbonyl (C=O) groups is 4. The molecule has 2 saturated carbocycles. The highest BCUT2D eigenvalue weighted by Crippen LogP contribution is 2.66. The summed E-state index contributed by atoms with van der Waals surface area (Å²) in [6.45, 7) is 1.73. The lowest BCUT2D eigenvalue weighted by Crippen LogP contribution is -2.43. The summed E-state index contributed by atoms with van der Waals surface area (Å²) < 4.78 is 9.74. The molecule has 0 bridgehead atoms. The second-order valence-electron chi connectivity index (χ2n) is 6.84. The smallest absolute Gasteiger partial charge is 0.323 e. The highest BCUT2D eigenvalue weighted by molar-refractivity contribution is 6.07. The van der Waals surface area contributed by atoms with E-state index in [0.29, 0.717) is 18.4 Å². The molecule has 6 nitrogen and oxygen atoms in total. The summed E-state index contributed by atoms with van der Waals surface area (Å²) in [5.74, 6) is -1.66. The van der Waals surface area contributed by atoms with E-state index in [1.165, 1.54) is 14.2 Å². The fraction of sp³-hybridized carbons (Fsp3) is 0.647. The van der Waals surface area contributed by atoms with Crippen LogP contribution in [0.25, 0.3) is 0 Å². The number of ketones is 2. The molecule has 0 unspecified atom stereocenters. The molecular formula is C17H20O6. The van der Waals surface area contributed by atoms with Crippen molar-refractivity contribution in [1.29, 1.82) is 0 Å². The monoisotopic (exact) mass is 320 g/mol. The van der Waals surface area contributed by atoms with Crippen LogP contribution < -0.4 is 0 Å². The number of hydrogen-bond donors (Lipinski definition) is 0. The maximum absolute atomic E-state index is 12.5. The third kappa shape index (κ3) is 1.87. The summed E-state index contributed by atoms with van der Waals surface area (Å²) >= 11 is 0. The van der Waals surface area contributed by atoms with Crippen LogP contribution in [0.5, 0.6) is 0 Å². The average Bonchev–Trinajstić information content (AvgIpc) is 2.99. The topological polar surface area (TPSA) is 86.7 Å². The third-order valence-corrected chi connectivity index (χ3v) is 5.94. The van der Waals surface area contributed by atoms with Crippen LogP contribution in [0, 0.1) is 16.7 Å². The maximum atomic E-state index is 12.5. The van der Waals surface area contributed by atoms with Gasteiger partial charge < -0.3 is 9.47 Å². The molecule has 3 rings (SSSR count). The Morgan fingerprint density at radius 3 is 2.30 bits per heavy atom. The number of rotatable bonds is 2. The van der Waals surface area contributed by atoms with E-state index >= 15 is 0 Å². The Morgan fingerprint density at radius 1 is 1.13 bits per heavy atom. The Hall–Kier alpha value is -1.98. The van der Waals surface area contributed by atoms with Gasteiger partial charge in [0.1, 0.15) is 5.78 Å². The second-order valence-corrected chi connectivity index (χ2v) is 6.84. The molecule has 0 N–H and O–H groups in total. The summed E-state index contributed by atoms with van der Waals surface area (Å²) in [5.41, 5.74) is -0.535. The van der Waals surface area contributed by atoms with Crippen LogP contribution in [-0.4, -0.2) is 37.7 Å². The van der Waals surface area contributed by atoms with Crippen LogP contribution in [0.15, 0.2) is 11.1 Å². The first-order valence-corrected chi connectivity index (χ1v) is 7.75. The zero-order valence-electron chi connectivity index (χ0n) is 13.6. The van der Waals surface area contributed by atoms with Crippen LogP contribution in [0.4, 0.5) is 0 Å². The van der Waals surface area contributed by atoms with Crippen molar-refractivity contribution >= 4 is 23.5 Å². The van der Waals surface area contributed by atoms with Gasteiger partial charge in [-0.3, -0.25) is 19.2 Å². The van der Waals surface area contributed by atoms with E-state index < -0.39 is 28.7 Å². The van der Waals surface area contributed by atoms with E-state index in [1.54, 1.807) is 6.92 Å². The Bertz CT molecular complexity index is 642. The summed E-state index contributed by atoms with van der Waals surface area (Å²) in [7, 11) is 2.49. The largest absolute Gasteiger partial charge is 0.468 e. The number of carbonyl (C=O) groups excluding carboxylic acids is 4. The van der Waals surface area contributed by atoms with Crippen molar-refractivity contribution in [3.63, 3.8) is 0 Å². The highest BCUT2D eigenvalue weighted by Gasteiger charge is 2.67. The van der Waals surface area contributed by atoms with Crippen molar-refractivity contribution in [3.8, 4) is 0 Å². The van der Waals surface area contributed by atoms with E-state index in [-0.39, 0.29) is 30.8 Å². The minimum atomic E-state index is -1.40. The van der Waals surface area contributed by atoms with Gasteiger partial charge in [-0.1, -0.05) is 5.57 Å². The molecule has 1 spiro atoms. The highest BCUT2D eigenvalue weighted by atomic mass is 16.5. The molecule has 0 radical (unpaired) electrons. The van der Waals surface area contributed by atoms with Gasteiger partial charge in [-0.2, -0.15) is 0 Å². The lowest BCUT2D eigenvalue weighted by Gasteiger charge is -2.38. The van der Waals surface area contributed by atoms with E-state index in [0.717, 1.165) is 5.57 Å². The number of esters is 2. The lowest BCUT2D eigenvalue weighted by atomic mass is 9.64. The van der Waals surface area contributed by atoms with Gasteiger partial charge in [-0.05, 0) is 31.8 Å². The summed E-state index contributed by atoms with van der Waals surface area (Å²) in [5, 5.41) is 0. The molecule has 6 heteroatoms. The van der Waals surface area contributed by atoms with Gasteiger partial charge in [0.15, 0.2) is 11.2 Å². The van der Waals surface area contributed by atoms with Crippen molar-refractivity contribution in [2.75, 3.05) is 14.2 Å². The molecule has 124 valence electrons. The predicted octanol–water partition coefficient (Wildman–Crippen LogP) is 1.37. The molecule has 0 aromatic heterocycles. The SMILES string of the molecule is COC(=O)C1(C(=O)OC)CC2=C(C)C(=O)[C@H]3CC(=O)CC[C@@]23C1. The minimum Gasteiger partial charge on any atom is -0.468 e. The van der Waals surface area contributed by atoms with Crippen molar-refractivity contribution < 1.29 is 28.7 Å². The fourth-order valence-electron chi connectivity index (χ4n) is 4.84. The predicted molar refractivity (Wildman–Crippen MR) is 78.2 cm³/mol. The van der Waals surface area contributed by atoms with Crippen molar-refractivity contribution in [3.05, 3.63) is 11.1 Å². The van der Waals surface area contributed by atoms with Crippen LogP contribution >= 0.6 is 0 Å². The summed E-state index contributed by atoms with van der Waals surface area (Å²) in [6, 6.07) is 0. The summed E-state index contributed by atoms with van der Waals surface area (Å²) in [6.07, 6.45) is 1.41. The molecule has 0 saturated heterocycles. The van der Waals surface area contributed by atoms with E-state index in [2.05, 4.69) is 0 Å². The fourth-order valence-corrected chi connectivity index (χ4v) is 4.84. The van der Waals surface area contributed by atoms with Gasteiger partial charge in [0, 0.05) is 24.2 Å². The van der Waals surface area contributed by atoms with Gasteiger partial charge in [0.2, 0.25) is 0 Å². The number of methoxy groups -OCH3 is 2. The van der Waals surface area contributed by atoms with Crippen molar-refractivity contribution in [1.82, 2.24) is 0 Å². The second kappa shape index (κ2) is 5.01. The van der Waals surface area contributed by atoms with E-state index in [1.807, 2.05) is 0 Å². The van der Waals surface area contributed by atoms with Crippen LogP contribution in [0.2, 0.25) is 0 Å². The molecule has 2 atom stereocenters. The Balaban J connectivity index is 2.13.